The number of ether oxygens (including phenoxy) is 1. The van der Waals surface area contributed by atoms with Gasteiger partial charge in [-0.15, -0.1) is 0 Å². The molecule has 5 nitrogen and oxygen atoms in total. The van der Waals surface area contributed by atoms with E-state index >= 15 is 0 Å². The summed E-state index contributed by atoms with van der Waals surface area (Å²) in [7, 11) is 0. The van der Waals surface area contributed by atoms with E-state index in [1.807, 2.05) is 0 Å². The first-order chi connectivity index (χ1) is 11.8. The third kappa shape index (κ3) is 5.71. The topological polar surface area (TPSA) is 36.0 Å². The maximum Gasteiger partial charge on any atom is 0.236 e. The Morgan fingerprint density at radius 3 is 2.42 bits per heavy atom. The van der Waals surface area contributed by atoms with Crippen LogP contribution in [-0.2, 0) is 9.53 Å². The van der Waals surface area contributed by atoms with E-state index < -0.39 is 0 Å². The van der Waals surface area contributed by atoms with Crippen molar-refractivity contribution < 1.29 is 9.53 Å². The minimum Gasteiger partial charge on any atom is -0.381 e. The predicted octanol–water partition coefficient (Wildman–Crippen LogP) is 1.82. The molecular formula is C19H35N3O2. The summed E-state index contributed by atoms with van der Waals surface area (Å²) >= 11 is 0. The summed E-state index contributed by atoms with van der Waals surface area (Å²) in [4.78, 5) is 19.7. The van der Waals surface area contributed by atoms with Gasteiger partial charge in [-0.25, -0.2) is 0 Å². The van der Waals surface area contributed by atoms with Crippen molar-refractivity contribution in [1.29, 1.82) is 0 Å². The van der Waals surface area contributed by atoms with Crippen LogP contribution in [0.1, 0.15) is 44.9 Å². The quantitative estimate of drug-likeness (QED) is 0.767. The molecule has 0 N–H and O–H groups in total. The van der Waals surface area contributed by atoms with Gasteiger partial charge in [0.25, 0.3) is 0 Å². The standard InChI is InChI=1S/C19H35N3O2/c23-19(16-21-8-3-1-2-4-9-21)22-11-5-10-20(13-14-22)12-6-18-7-15-24-17-18/h18H,1-17H2. The molecule has 0 aliphatic carbocycles. The third-order valence-corrected chi connectivity index (χ3v) is 5.88. The fourth-order valence-electron chi connectivity index (χ4n) is 4.21. The SMILES string of the molecule is O=C(CN1CCCCCC1)N1CCCN(CCC2CCOC2)CC1. The van der Waals surface area contributed by atoms with Gasteiger partial charge in [0.2, 0.25) is 5.91 Å². The summed E-state index contributed by atoms with van der Waals surface area (Å²) in [6.45, 7) is 9.95. The molecule has 1 atom stereocenters. The Morgan fingerprint density at radius 1 is 0.875 bits per heavy atom. The van der Waals surface area contributed by atoms with Gasteiger partial charge in [0.05, 0.1) is 6.54 Å². The summed E-state index contributed by atoms with van der Waals surface area (Å²) in [5, 5.41) is 0. The Kier molecular flexibility index (Phi) is 7.36. The average molecular weight is 338 g/mol. The number of amides is 1. The molecule has 0 aromatic carbocycles. The second-order valence-electron chi connectivity index (χ2n) is 7.78. The van der Waals surface area contributed by atoms with Gasteiger partial charge in [-0.2, -0.15) is 0 Å². The van der Waals surface area contributed by atoms with Gasteiger partial charge in [0, 0.05) is 32.8 Å². The van der Waals surface area contributed by atoms with Crippen molar-refractivity contribution in [3.8, 4) is 0 Å². The Labute approximate surface area is 147 Å². The molecular weight excluding hydrogens is 302 g/mol. The highest BCUT2D eigenvalue weighted by molar-refractivity contribution is 5.78. The van der Waals surface area contributed by atoms with Crippen LogP contribution < -0.4 is 0 Å². The Hall–Kier alpha value is -0.650. The number of rotatable bonds is 5. The number of hydrogen-bond donors (Lipinski definition) is 0. The van der Waals surface area contributed by atoms with Crippen LogP contribution in [-0.4, -0.2) is 86.2 Å². The normalized spacial score (nSPS) is 27.8. The highest BCUT2D eigenvalue weighted by Crippen LogP contribution is 2.17. The second-order valence-corrected chi connectivity index (χ2v) is 7.78. The van der Waals surface area contributed by atoms with Gasteiger partial charge in [0.1, 0.15) is 0 Å². The van der Waals surface area contributed by atoms with Gasteiger partial charge in [-0.1, -0.05) is 12.8 Å². The van der Waals surface area contributed by atoms with E-state index in [0.717, 1.165) is 64.8 Å². The Morgan fingerprint density at radius 2 is 1.67 bits per heavy atom. The molecule has 0 bridgehead atoms. The van der Waals surface area contributed by atoms with Crippen LogP contribution in [0.4, 0.5) is 0 Å². The zero-order valence-electron chi connectivity index (χ0n) is 15.3. The number of carbonyl (C=O) groups excluding carboxylic acids is 1. The molecule has 24 heavy (non-hydrogen) atoms. The van der Waals surface area contributed by atoms with Gasteiger partial charge >= 0.3 is 0 Å². The van der Waals surface area contributed by atoms with E-state index in [2.05, 4.69) is 14.7 Å². The molecule has 0 aromatic heterocycles. The Bertz CT molecular complexity index is 377. The van der Waals surface area contributed by atoms with Crippen LogP contribution in [0.3, 0.4) is 0 Å². The molecule has 0 aromatic rings. The minimum absolute atomic E-state index is 0.350. The highest BCUT2D eigenvalue weighted by atomic mass is 16.5. The first-order valence-corrected chi connectivity index (χ1v) is 10.1. The molecule has 1 unspecified atom stereocenters. The maximum atomic E-state index is 12.7. The number of likely N-dealkylation sites (tertiary alicyclic amines) is 1. The molecule has 3 fully saturated rings. The lowest BCUT2D eigenvalue weighted by Gasteiger charge is -2.26. The van der Waals surface area contributed by atoms with E-state index in [4.69, 9.17) is 4.74 Å². The van der Waals surface area contributed by atoms with Crippen molar-refractivity contribution in [1.82, 2.24) is 14.7 Å². The van der Waals surface area contributed by atoms with Crippen LogP contribution in [0, 0.1) is 5.92 Å². The number of carbonyl (C=O) groups is 1. The molecule has 3 rings (SSSR count). The van der Waals surface area contributed by atoms with Crippen molar-refractivity contribution >= 4 is 5.91 Å². The Balaban J connectivity index is 1.38. The first-order valence-electron chi connectivity index (χ1n) is 10.1. The van der Waals surface area contributed by atoms with Gasteiger partial charge < -0.3 is 14.5 Å². The summed E-state index contributed by atoms with van der Waals surface area (Å²) in [6.07, 6.45) is 8.77. The lowest BCUT2D eigenvalue weighted by molar-refractivity contribution is -0.132. The largest absolute Gasteiger partial charge is 0.381 e. The zero-order valence-corrected chi connectivity index (χ0v) is 15.3. The van der Waals surface area contributed by atoms with Gasteiger partial charge in [-0.3, -0.25) is 9.69 Å². The van der Waals surface area contributed by atoms with Crippen LogP contribution in [0.2, 0.25) is 0 Å². The van der Waals surface area contributed by atoms with E-state index in [9.17, 15) is 4.79 Å². The second kappa shape index (κ2) is 9.73. The third-order valence-electron chi connectivity index (χ3n) is 5.88. The van der Waals surface area contributed by atoms with Gasteiger partial charge in [-0.05, 0) is 64.2 Å². The zero-order chi connectivity index (χ0) is 16.6. The molecule has 5 heteroatoms. The molecule has 1 amide bonds. The molecule has 0 saturated carbocycles. The molecule has 0 radical (unpaired) electrons. The average Bonchev–Trinajstić information content (AvgIpc) is 2.83. The van der Waals surface area contributed by atoms with Crippen LogP contribution in [0.5, 0.6) is 0 Å². The van der Waals surface area contributed by atoms with E-state index in [-0.39, 0.29) is 0 Å². The lowest BCUT2D eigenvalue weighted by atomic mass is 10.1. The monoisotopic (exact) mass is 337 g/mol. The van der Waals surface area contributed by atoms with E-state index in [1.165, 1.54) is 45.1 Å². The maximum absolute atomic E-state index is 12.7. The molecule has 3 aliphatic heterocycles. The molecule has 3 saturated heterocycles. The smallest absolute Gasteiger partial charge is 0.236 e. The van der Waals surface area contributed by atoms with Crippen molar-refractivity contribution in [3.05, 3.63) is 0 Å². The van der Waals surface area contributed by atoms with Crippen molar-refractivity contribution in [2.24, 2.45) is 5.92 Å². The van der Waals surface area contributed by atoms with Crippen LogP contribution >= 0.6 is 0 Å². The van der Waals surface area contributed by atoms with Crippen molar-refractivity contribution in [3.63, 3.8) is 0 Å². The summed E-state index contributed by atoms with van der Waals surface area (Å²) in [6, 6.07) is 0. The summed E-state index contributed by atoms with van der Waals surface area (Å²) in [5.74, 6) is 1.11. The summed E-state index contributed by atoms with van der Waals surface area (Å²) in [5.41, 5.74) is 0. The number of nitrogens with zero attached hydrogens (tertiary/aromatic N) is 3. The van der Waals surface area contributed by atoms with Crippen LogP contribution in [0.15, 0.2) is 0 Å². The van der Waals surface area contributed by atoms with Crippen molar-refractivity contribution in [2.45, 2.75) is 44.9 Å². The molecule has 3 aliphatic rings. The fraction of sp³-hybridized carbons (Fsp3) is 0.947. The van der Waals surface area contributed by atoms with Crippen LogP contribution in [0.25, 0.3) is 0 Å². The highest BCUT2D eigenvalue weighted by Gasteiger charge is 2.22. The minimum atomic E-state index is 0.350. The fourth-order valence-corrected chi connectivity index (χ4v) is 4.21. The lowest BCUT2D eigenvalue weighted by Crippen LogP contribution is -2.42. The number of hydrogen-bond acceptors (Lipinski definition) is 4. The summed E-state index contributed by atoms with van der Waals surface area (Å²) < 4.78 is 5.48. The molecule has 0 spiro atoms. The molecule has 3 heterocycles. The van der Waals surface area contributed by atoms with Crippen molar-refractivity contribution in [2.75, 3.05) is 65.6 Å². The first kappa shape index (κ1) is 18.2. The van der Waals surface area contributed by atoms with E-state index in [1.54, 1.807) is 0 Å². The predicted molar refractivity (Wildman–Crippen MR) is 96.1 cm³/mol. The van der Waals surface area contributed by atoms with Gasteiger partial charge in [0.15, 0.2) is 0 Å². The van der Waals surface area contributed by atoms with E-state index in [0.29, 0.717) is 12.5 Å². The molecule has 138 valence electrons.